The van der Waals surface area contributed by atoms with Crippen LogP contribution in [0, 0.1) is 0 Å². The summed E-state index contributed by atoms with van der Waals surface area (Å²) in [4.78, 5) is 21.5. The quantitative estimate of drug-likeness (QED) is 0.761. The Balaban J connectivity index is 2.12. The summed E-state index contributed by atoms with van der Waals surface area (Å²) in [6.45, 7) is 1.53. The van der Waals surface area contributed by atoms with Gasteiger partial charge in [-0.3, -0.25) is 4.79 Å². The number of H-pyrrole nitrogens is 1. The lowest BCUT2D eigenvalue weighted by molar-refractivity contribution is -0.114. The maximum absolute atomic E-state index is 10.8. The molecule has 7 nitrogen and oxygen atoms in total. The minimum absolute atomic E-state index is 0.0868. The van der Waals surface area contributed by atoms with Crippen molar-refractivity contribution in [2.45, 2.75) is 12.1 Å². The zero-order chi connectivity index (χ0) is 12.3. The lowest BCUT2D eigenvalue weighted by Gasteiger charge is -1.95. The molecular formula is C9H10N6OS. The van der Waals surface area contributed by atoms with E-state index < -0.39 is 0 Å². The van der Waals surface area contributed by atoms with Gasteiger partial charge in [0.15, 0.2) is 11.0 Å². The molecule has 0 bridgehead atoms. The van der Waals surface area contributed by atoms with Crippen LogP contribution in [0.5, 0.6) is 0 Å². The number of nitrogen functional groups attached to an aromatic ring is 1. The second kappa shape index (κ2) is 4.91. The molecule has 0 aromatic carbocycles. The van der Waals surface area contributed by atoms with E-state index in [2.05, 4.69) is 25.1 Å². The van der Waals surface area contributed by atoms with Crippen molar-refractivity contribution in [3.8, 4) is 11.4 Å². The maximum Gasteiger partial charge on any atom is 0.219 e. The predicted octanol–water partition coefficient (Wildman–Crippen LogP) is 0.525. The number of Topliss-reactive ketones (excluding diaryl/α,β-unsaturated/α-hetero) is 1. The highest BCUT2D eigenvalue weighted by Gasteiger charge is 2.07. The van der Waals surface area contributed by atoms with E-state index in [-0.39, 0.29) is 11.7 Å². The highest BCUT2D eigenvalue weighted by atomic mass is 32.2. The maximum atomic E-state index is 10.8. The third-order valence-electron chi connectivity index (χ3n) is 1.82. The minimum atomic E-state index is 0.0868. The van der Waals surface area contributed by atoms with Crippen LogP contribution in [-0.4, -0.2) is 36.7 Å². The molecular weight excluding hydrogens is 240 g/mol. The number of carbonyl (C=O) groups is 1. The molecule has 0 spiro atoms. The van der Waals surface area contributed by atoms with E-state index >= 15 is 0 Å². The third kappa shape index (κ3) is 3.00. The SMILES string of the molecule is CC(=O)CSc1nnc(-c2cnc(N)nc2)[nH]1. The summed E-state index contributed by atoms with van der Waals surface area (Å²) in [6.07, 6.45) is 3.12. The fraction of sp³-hybridized carbons (Fsp3) is 0.222. The van der Waals surface area contributed by atoms with E-state index in [1.54, 1.807) is 12.4 Å². The zero-order valence-corrected chi connectivity index (χ0v) is 9.86. The summed E-state index contributed by atoms with van der Waals surface area (Å²) in [5.74, 6) is 1.21. The first-order valence-corrected chi connectivity index (χ1v) is 5.76. The highest BCUT2D eigenvalue weighted by molar-refractivity contribution is 7.99. The first-order chi connectivity index (χ1) is 8.15. The van der Waals surface area contributed by atoms with Gasteiger partial charge in [-0.2, -0.15) is 0 Å². The fourth-order valence-corrected chi connectivity index (χ4v) is 1.68. The van der Waals surface area contributed by atoms with Crippen LogP contribution in [0.2, 0.25) is 0 Å². The molecule has 0 amide bonds. The van der Waals surface area contributed by atoms with E-state index in [9.17, 15) is 4.79 Å². The average molecular weight is 250 g/mol. The van der Waals surface area contributed by atoms with Gasteiger partial charge in [0.2, 0.25) is 5.95 Å². The summed E-state index contributed by atoms with van der Waals surface area (Å²) >= 11 is 1.30. The van der Waals surface area contributed by atoms with Gasteiger partial charge >= 0.3 is 0 Å². The molecule has 0 aliphatic heterocycles. The van der Waals surface area contributed by atoms with Crippen LogP contribution in [0.15, 0.2) is 17.6 Å². The topological polar surface area (TPSA) is 110 Å². The number of hydrogen-bond acceptors (Lipinski definition) is 7. The summed E-state index contributed by atoms with van der Waals surface area (Å²) in [6, 6.07) is 0. The molecule has 8 heteroatoms. The van der Waals surface area contributed by atoms with Crippen LogP contribution in [0.3, 0.4) is 0 Å². The molecule has 17 heavy (non-hydrogen) atoms. The van der Waals surface area contributed by atoms with Gasteiger partial charge in [-0.15, -0.1) is 10.2 Å². The summed E-state index contributed by atoms with van der Waals surface area (Å²) in [7, 11) is 0. The van der Waals surface area contributed by atoms with Crippen molar-refractivity contribution in [2.75, 3.05) is 11.5 Å². The van der Waals surface area contributed by atoms with Crippen LogP contribution < -0.4 is 5.73 Å². The molecule has 0 saturated heterocycles. The van der Waals surface area contributed by atoms with Crippen molar-refractivity contribution in [1.82, 2.24) is 25.1 Å². The number of hydrogen-bond donors (Lipinski definition) is 2. The Hall–Kier alpha value is -1.96. The van der Waals surface area contributed by atoms with E-state index in [0.29, 0.717) is 22.3 Å². The number of aromatic amines is 1. The lowest BCUT2D eigenvalue weighted by atomic mass is 10.3. The van der Waals surface area contributed by atoms with Gasteiger partial charge in [-0.1, -0.05) is 11.8 Å². The largest absolute Gasteiger partial charge is 0.368 e. The molecule has 2 aromatic rings. The van der Waals surface area contributed by atoms with Crippen LogP contribution in [0.1, 0.15) is 6.92 Å². The van der Waals surface area contributed by atoms with E-state index in [1.807, 2.05) is 0 Å². The van der Waals surface area contributed by atoms with Crippen molar-refractivity contribution in [2.24, 2.45) is 0 Å². The van der Waals surface area contributed by atoms with Crippen LogP contribution in [-0.2, 0) is 4.79 Å². The highest BCUT2D eigenvalue weighted by Crippen LogP contribution is 2.17. The number of carbonyl (C=O) groups excluding carboxylic acids is 1. The van der Waals surface area contributed by atoms with E-state index in [1.165, 1.54) is 18.7 Å². The van der Waals surface area contributed by atoms with Gasteiger partial charge in [-0.25, -0.2) is 9.97 Å². The Morgan fingerprint density at radius 2 is 2.12 bits per heavy atom. The molecule has 0 aliphatic rings. The zero-order valence-electron chi connectivity index (χ0n) is 9.04. The Kier molecular flexibility index (Phi) is 3.33. The van der Waals surface area contributed by atoms with Gasteiger partial charge < -0.3 is 10.7 Å². The van der Waals surface area contributed by atoms with Crippen LogP contribution >= 0.6 is 11.8 Å². The monoisotopic (exact) mass is 250 g/mol. The predicted molar refractivity (Wildman–Crippen MR) is 63.2 cm³/mol. The molecule has 0 aliphatic carbocycles. The number of nitrogens with two attached hydrogens (primary N) is 1. The molecule has 2 aromatic heterocycles. The van der Waals surface area contributed by atoms with Gasteiger partial charge in [0.25, 0.3) is 0 Å². The molecule has 0 radical (unpaired) electrons. The van der Waals surface area contributed by atoms with Gasteiger partial charge in [0.1, 0.15) is 5.78 Å². The summed E-state index contributed by atoms with van der Waals surface area (Å²) < 4.78 is 0. The van der Waals surface area contributed by atoms with Crippen molar-refractivity contribution in [1.29, 1.82) is 0 Å². The van der Waals surface area contributed by atoms with Crippen molar-refractivity contribution in [3.05, 3.63) is 12.4 Å². The number of ketones is 1. The Morgan fingerprint density at radius 1 is 1.41 bits per heavy atom. The normalized spacial score (nSPS) is 10.4. The first-order valence-electron chi connectivity index (χ1n) is 4.78. The smallest absolute Gasteiger partial charge is 0.219 e. The molecule has 0 saturated carbocycles. The Bertz CT molecular complexity index is 523. The minimum Gasteiger partial charge on any atom is -0.368 e. The Morgan fingerprint density at radius 3 is 2.76 bits per heavy atom. The molecule has 3 N–H and O–H groups in total. The van der Waals surface area contributed by atoms with Crippen molar-refractivity contribution in [3.63, 3.8) is 0 Å². The van der Waals surface area contributed by atoms with Gasteiger partial charge in [0, 0.05) is 12.4 Å². The van der Waals surface area contributed by atoms with Gasteiger partial charge in [-0.05, 0) is 6.92 Å². The first kappa shape index (κ1) is 11.5. The number of rotatable bonds is 4. The number of aromatic nitrogens is 5. The molecule has 0 unspecified atom stereocenters. The molecule has 2 heterocycles. The number of thioether (sulfide) groups is 1. The van der Waals surface area contributed by atoms with Crippen LogP contribution in [0.25, 0.3) is 11.4 Å². The van der Waals surface area contributed by atoms with E-state index in [4.69, 9.17) is 5.73 Å². The van der Waals surface area contributed by atoms with Gasteiger partial charge in [0.05, 0.1) is 11.3 Å². The third-order valence-corrected chi connectivity index (χ3v) is 2.83. The molecule has 0 atom stereocenters. The van der Waals surface area contributed by atoms with Crippen molar-refractivity contribution >= 4 is 23.5 Å². The molecule has 88 valence electrons. The van der Waals surface area contributed by atoms with Crippen LogP contribution in [0.4, 0.5) is 5.95 Å². The lowest BCUT2D eigenvalue weighted by Crippen LogP contribution is -1.94. The molecule has 2 rings (SSSR count). The summed E-state index contributed by atoms with van der Waals surface area (Å²) in [5.41, 5.74) is 6.08. The average Bonchev–Trinajstić information content (AvgIpc) is 2.76. The standard InChI is InChI=1S/C9H10N6OS/c1-5(16)4-17-9-13-7(14-15-9)6-2-11-8(10)12-3-6/h2-3H,4H2,1H3,(H2,10,11,12)(H,13,14,15). The second-order valence-corrected chi connectivity index (χ2v) is 4.26. The van der Waals surface area contributed by atoms with E-state index in [0.717, 1.165) is 0 Å². The van der Waals surface area contributed by atoms with Crippen molar-refractivity contribution < 1.29 is 4.79 Å². The number of anilines is 1. The molecule has 0 fully saturated rings. The number of nitrogens with zero attached hydrogens (tertiary/aromatic N) is 4. The summed E-state index contributed by atoms with van der Waals surface area (Å²) in [5, 5.41) is 8.43. The second-order valence-electron chi connectivity index (χ2n) is 3.30. The number of nitrogens with one attached hydrogen (secondary N) is 1. The fourth-order valence-electron chi connectivity index (χ4n) is 1.07. The Labute approximate surface area is 101 Å².